The van der Waals surface area contributed by atoms with Crippen LogP contribution in [0.25, 0.3) is 5.65 Å². The first-order chi connectivity index (χ1) is 6.66. The number of fused-ring (bicyclic) bond motifs is 1. The van der Waals surface area contributed by atoms with Crippen LogP contribution in [0.3, 0.4) is 0 Å². The van der Waals surface area contributed by atoms with Crippen molar-refractivity contribution in [1.82, 2.24) is 14.3 Å². The van der Waals surface area contributed by atoms with Gasteiger partial charge in [0, 0.05) is 12.7 Å². The number of nitrogens with zero attached hydrogens (tertiary/aromatic N) is 3. The number of rotatable bonds is 2. The fourth-order valence-electron chi connectivity index (χ4n) is 1.43. The van der Waals surface area contributed by atoms with Gasteiger partial charge in [0.15, 0.2) is 0 Å². The molecule has 3 nitrogen and oxygen atoms in total. The standard InChI is InChI=1S/C10H12ClN3/c1-13(2)6-8-7-14-9(11)4-3-5-10(14)12-8/h3-5,7H,6H2,1-2H3. The Kier molecular flexibility index (Phi) is 2.44. The molecule has 2 heterocycles. The SMILES string of the molecule is CN(C)Cc1cn2c(Cl)cccc2n1. The molecule has 74 valence electrons. The fraction of sp³-hybridized carbons (Fsp3) is 0.300. The lowest BCUT2D eigenvalue weighted by molar-refractivity contribution is 0.398. The summed E-state index contributed by atoms with van der Waals surface area (Å²) < 4.78 is 1.89. The van der Waals surface area contributed by atoms with E-state index in [2.05, 4.69) is 9.88 Å². The minimum absolute atomic E-state index is 0.694. The molecule has 0 N–H and O–H groups in total. The Bertz CT molecular complexity index is 448. The maximum atomic E-state index is 6.02. The topological polar surface area (TPSA) is 20.5 Å². The van der Waals surface area contributed by atoms with Gasteiger partial charge in [0.05, 0.1) is 5.69 Å². The molecular formula is C10H12ClN3. The molecule has 0 fully saturated rings. The molecule has 0 saturated carbocycles. The van der Waals surface area contributed by atoms with Crippen molar-refractivity contribution in [3.8, 4) is 0 Å². The molecule has 4 heteroatoms. The van der Waals surface area contributed by atoms with Crippen LogP contribution in [0, 0.1) is 0 Å². The lowest BCUT2D eigenvalue weighted by Gasteiger charge is -2.04. The van der Waals surface area contributed by atoms with E-state index in [1.807, 2.05) is 42.9 Å². The Morgan fingerprint density at radius 3 is 2.86 bits per heavy atom. The first-order valence-corrected chi connectivity index (χ1v) is 4.82. The number of halogens is 1. The van der Waals surface area contributed by atoms with Gasteiger partial charge in [0.1, 0.15) is 10.8 Å². The van der Waals surface area contributed by atoms with Gasteiger partial charge in [0.2, 0.25) is 0 Å². The van der Waals surface area contributed by atoms with Gasteiger partial charge in [-0.05, 0) is 26.2 Å². The van der Waals surface area contributed by atoms with Gasteiger partial charge in [-0.2, -0.15) is 0 Å². The Morgan fingerprint density at radius 1 is 1.43 bits per heavy atom. The Morgan fingerprint density at radius 2 is 2.21 bits per heavy atom. The Balaban J connectivity index is 2.46. The van der Waals surface area contributed by atoms with Crippen molar-refractivity contribution >= 4 is 17.2 Å². The van der Waals surface area contributed by atoms with E-state index in [1.165, 1.54) is 0 Å². The van der Waals surface area contributed by atoms with Crippen molar-refractivity contribution in [2.75, 3.05) is 14.1 Å². The van der Waals surface area contributed by atoms with Gasteiger partial charge in [0.25, 0.3) is 0 Å². The van der Waals surface area contributed by atoms with Gasteiger partial charge in [-0.1, -0.05) is 17.7 Å². The summed E-state index contributed by atoms with van der Waals surface area (Å²) in [5, 5.41) is 0.694. The van der Waals surface area contributed by atoms with Crippen LogP contribution in [0.1, 0.15) is 5.69 Å². The van der Waals surface area contributed by atoms with Crippen LogP contribution in [0.15, 0.2) is 24.4 Å². The smallest absolute Gasteiger partial charge is 0.138 e. The van der Waals surface area contributed by atoms with Crippen molar-refractivity contribution in [2.24, 2.45) is 0 Å². The molecule has 2 aromatic heterocycles. The zero-order valence-electron chi connectivity index (χ0n) is 8.24. The van der Waals surface area contributed by atoms with Crippen LogP contribution >= 0.6 is 11.6 Å². The monoisotopic (exact) mass is 209 g/mol. The van der Waals surface area contributed by atoms with E-state index in [0.29, 0.717) is 5.15 Å². The molecule has 2 rings (SSSR count). The molecule has 0 aliphatic rings. The maximum Gasteiger partial charge on any atom is 0.138 e. The van der Waals surface area contributed by atoms with Crippen molar-refractivity contribution in [1.29, 1.82) is 0 Å². The van der Waals surface area contributed by atoms with Crippen LogP contribution in [0.5, 0.6) is 0 Å². The van der Waals surface area contributed by atoms with Crippen LogP contribution in [0.4, 0.5) is 0 Å². The van der Waals surface area contributed by atoms with Crippen LogP contribution in [-0.4, -0.2) is 28.4 Å². The van der Waals surface area contributed by atoms with E-state index in [0.717, 1.165) is 17.9 Å². The molecule has 0 aliphatic heterocycles. The molecule has 0 amide bonds. The highest BCUT2D eigenvalue weighted by atomic mass is 35.5. The molecule has 2 aromatic rings. The normalized spacial score (nSPS) is 11.4. The lowest BCUT2D eigenvalue weighted by atomic mass is 10.4. The highest BCUT2D eigenvalue weighted by molar-refractivity contribution is 6.29. The minimum Gasteiger partial charge on any atom is -0.304 e. The first kappa shape index (κ1) is 9.49. The van der Waals surface area contributed by atoms with E-state index in [4.69, 9.17) is 11.6 Å². The predicted molar refractivity (Wildman–Crippen MR) is 57.6 cm³/mol. The average Bonchev–Trinajstić information content (AvgIpc) is 2.47. The maximum absolute atomic E-state index is 6.02. The zero-order valence-corrected chi connectivity index (χ0v) is 8.99. The number of hydrogen-bond donors (Lipinski definition) is 0. The quantitative estimate of drug-likeness (QED) is 0.706. The van der Waals surface area contributed by atoms with Crippen LogP contribution in [-0.2, 0) is 6.54 Å². The third-order valence-corrected chi connectivity index (χ3v) is 2.28. The van der Waals surface area contributed by atoms with Crippen LogP contribution < -0.4 is 0 Å². The van der Waals surface area contributed by atoms with Crippen molar-refractivity contribution < 1.29 is 0 Å². The van der Waals surface area contributed by atoms with E-state index in [9.17, 15) is 0 Å². The number of imidazole rings is 1. The molecule has 0 radical (unpaired) electrons. The fourth-order valence-corrected chi connectivity index (χ4v) is 1.64. The van der Waals surface area contributed by atoms with Gasteiger partial charge in [-0.3, -0.25) is 4.40 Å². The van der Waals surface area contributed by atoms with E-state index >= 15 is 0 Å². The van der Waals surface area contributed by atoms with Crippen molar-refractivity contribution in [3.63, 3.8) is 0 Å². The van der Waals surface area contributed by atoms with Gasteiger partial charge in [-0.15, -0.1) is 0 Å². The predicted octanol–water partition coefficient (Wildman–Crippen LogP) is 2.05. The number of aromatic nitrogens is 2. The Hall–Kier alpha value is -1.06. The minimum atomic E-state index is 0.694. The molecule has 0 aromatic carbocycles. The molecule has 0 spiro atoms. The summed E-state index contributed by atoms with van der Waals surface area (Å²) >= 11 is 6.02. The van der Waals surface area contributed by atoms with Gasteiger partial charge < -0.3 is 4.90 Å². The average molecular weight is 210 g/mol. The lowest BCUT2D eigenvalue weighted by Crippen LogP contribution is -2.10. The molecule has 0 bridgehead atoms. The van der Waals surface area contributed by atoms with Crippen molar-refractivity contribution in [2.45, 2.75) is 6.54 Å². The van der Waals surface area contributed by atoms with E-state index < -0.39 is 0 Å². The molecule has 0 saturated heterocycles. The molecule has 0 atom stereocenters. The van der Waals surface area contributed by atoms with E-state index in [-0.39, 0.29) is 0 Å². The Labute approximate surface area is 87.9 Å². The molecular weight excluding hydrogens is 198 g/mol. The third-order valence-electron chi connectivity index (χ3n) is 1.97. The van der Waals surface area contributed by atoms with Crippen molar-refractivity contribution in [3.05, 3.63) is 35.2 Å². The first-order valence-electron chi connectivity index (χ1n) is 4.44. The number of hydrogen-bond acceptors (Lipinski definition) is 2. The summed E-state index contributed by atoms with van der Waals surface area (Å²) in [6, 6.07) is 5.71. The van der Waals surface area contributed by atoms with Gasteiger partial charge >= 0.3 is 0 Å². The number of pyridine rings is 1. The highest BCUT2D eigenvalue weighted by Gasteiger charge is 2.03. The summed E-state index contributed by atoms with van der Waals surface area (Å²) in [4.78, 5) is 6.53. The third kappa shape index (κ3) is 1.74. The zero-order chi connectivity index (χ0) is 10.1. The molecule has 0 unspecified atom stereocenters. The largest absolute Gasteiger partial charge is 0.304 e. The molecule has 0 aliphatic carbocycles. The van der Waals surface area contributed by atoms with Gasteiger partial charge in [-0.25, -0.2) is 4.98 Å². The second kappa shape index (κ2) is 3.59. The summed E-state index contributed by atoms with van der Waals surface area (Å²) in [7, 11) is 4.04. The second-order valence-corrected chi connectivity index (χ2v) is 3.93. The highest BCUT2D eigenvalue weighted by Crippen LogP contribution is 2.13. The summed E-state index contributed by atoms with van der Waals surface area (Å²) in [5.74, 6) is 0. The second-order valence-electron chi connectivity index (χ2n) is 3.55. The summed E-state index contributed by atoms with van der Waals surface area (Å²) in [5.41, 5.74) is 1.93. The van der Waals surface area contributed by atoms with Crippen LogP contribution in [0.2, 0.25) is 5.15 Å². The van der Waals surface area contributed by atoms with E-state index in [1.54, 1.807) is 0 Å². The summed E-state index contributed by atoms with van der Waals surface area (Å²) in [6.07, 6.45) is 1.97. The molecule has 14 heavy (non-hydrogen) atoms. The summed E-state index contributed by atoms with van der Waals surface area (Å²) in [6.45, 7) is 0.831.